The van der Waals surface area contributed by atoms with Crippen molar-refractivity contribution >= 4 is 28.8 Å². The third-order valence-corrected chi connectivity index (χ3v) is 5.13. The van der Waals surface area contributed by atoms with Crippen LogP contribution in [0.2, 0.25) is 0 Å². The average molecular weight is 422 g/mol. The Kier molecular flexibility index (Phi) is 7.28. The molecule has 0 saturated carbocycles. The first-order valence-corrected chi connectivity index (χ1v) is 10.5. The van der Waals surface area contributed by atoms with Gasteiger partial charge in [-0.15, -0.1) is 0 Å². The summed E-state index contributed by atoms with van der Waals surface area (Å²) in [5.74, 6) is 0.0325. The van der Waals surface area contributed by atoms with Crippen molar-refractivity contribution < 1.29 is 9.18 Å². The van der Waals surface area contributed by atoms with Gasteiger partial charge in [0, 0.05) is 29.4 Å². The summed E-state index contributed by atoms with van der Waals surface area (Å²) in [6.07, 6.45) is 7.50. The lowest BCUT2D eigenvalue weighted by atomic mass is 9.97. The number of carbonyl (C=O) groups is 1. The number of unbranched alkanes of at least 4 members (excludes halogenated alkanes) is 3. The van der Waals surface area contributed by atoms with Crippen LogP contribution in [-0.2, 0) is 0 Å². The molecule has 7 heteroatoms. The van der Waals surface area contributed by atoms with Crippen LogP contribution in [0.15, 0.2) is 31.0 Å². The fourth-order valence-electron chi connectivity index (χ4n) is 3.42. The predicted molar refractivity (Wildman–Crippen MR) is 123 cm³/mol. The van der Waals surface area contributed by atoms with Crippen molar-refractivity contribution in [1.82, 2.24) is 20.3 Å². The standard InChI is InChI=1S/C24H28FN5O/c1-5-7-8-9-10-26-24(31)29-21-13-18(15(3)11-20(21)25)19-12-17-14-27-22(6-2)30-23(17)28-16(19)4/h6,11-14H,2,5,7-10H2,1,3-4H3,(H2,26,29,31). The Morgan fingerprint density at radius 3 is 2.68 bits per heavy atom. The Morgan fingerprint density at radius 2 is 1.94 bits per heavy atom. The summed E-state index contributed by atoms with van der Waals surface area (Å²) >= 11 is 0. The molecule has 0 atom stereocenters. The van der Waals surface area contributed by atoms with Crippen molar-refractivity contribution in [2.24, 2.45) is 0 Å². The normalized spacial score (nSPS) is 10.8. The van der Waals surface area contributed by atoms with Crippen molar-refractivity contribution in [3.05, 3.63) is 53.9 Å². The molecule has 3 aromatic rings. The summed E-state index contributed by atoms with van der Waals surface area (Å²) in [5.41, 5.74) is 3.83. The fraction of sp³-hybridized carbons (Fsp3) is 0.333. The van der Waals surface area contributed by atoms with Crippen LogP contribution in [0.4, 0.5) is 14.9 Å². The molecule has 2 aromatic heterocycles. The molecule has 0 spiro atoms. The van der Waals surface area contributed by atoms with Gasteiger partial charge in [-0.1, -0.05) is 32.8 Å². The van der Waals surface area contributed by atoms with Gasteiger partial charge in [0.25, 0.3) is 0 Å². The molecule has 0 aliphatic carbocycles. The zero-order valence-electron chi connectivity index (χ0n) is 18.3. The SMILES string of the molecule is C=Cc1ncc2cc(-c3cc(NC(=O)NCCCCCC)c(F)cc3C)c(C)nc2n1. The number of hydrogen-bond acceptors (Lipinski definition) is 4. The topological polar surface area (TPSA) is 79.8 Å². The largest absolute Gasteiger partial charge is 0.338 e. The maximum Gasteiger partial charge on any atom is 0.319 e. The zero-order valence-corrected chi connectivity index (χ0v) is 18.3. The summed E-state index contributed by atoms with van der Waals surface area (Å²) in [4.78, 5) is 25.4. The van der Waals surface area contributed by atoms with Crippen LogP contribution in [0.25, 0.3) is 28.2 Å². The minimum atomic E-state index is -0.479. The van der Waals surface area contributed by atoms with E-state index in [1.54, 1.807) is 18.3 Å². The number of anilines is 1. The van der Waals surface area contributed by atoms with Crippen molar-refractivity contribution in [2.75, 3.05) is 11.9 Å². The number of rotatable bonds is 8. The molecule has 0 bridgehead atoms. The van der Waals surface area contributed by atoms with Gasteiger partial charge in [-0.3, -0.25) is 0 Å². The smallest absolute Gasteiger partial charge is 0.319 e. The Labute approximate surface area is 182 Å². The van der Waals surface area contributed by atoms with E-state index in [0.29, 0.717) is 18.0 Å². The number of aryl methyl sites for hydroxylation is 2. The molecule has 0 saturated heterocycles. The van der Waals surface area contributed by atoms with Crippen LogP contribution in [0, 0.1) is 19.7 Å². The number of halogens is 1. The zero-order chi connectivity index (χ0) is 22.4. The highest BCUT2D eigenvalue weighted by molar-refractivity contribution is 5.91. The molecular formula is C24H28FN5O. The number of fused-ring (bicyclic) bond motifs is 1. The first-order chi connectivity index (χ1) is 14.9. The first kappa shape index (κ1) is 22.3. The van der Waals surface area contributed by atoms with Gasteiger partial charge in [0.15, 0.2) is 11.5 Å². The van der Waals surface area contributed by atoms with Gasteiger partial charge >= 0.3 is 6.03 Å². The average Bonchev–Trinajstić information content (AvgIpc) is 2.75. The van der Waals surface area contributed by atoms with E-state index in [0.717, 1.165) is 53.5 Å². The number of nitrogens with zero attached hydrogens (tertiary/aromatic N) is 3. The molecule has 0 aliphatic rings. The maximum atomic E-state index is 14.5. The number of carbonyl (C=O) groups excluding carboxylic acids is 1. The number of hydrogen-bond donors (Lipinski definition) is 2. The number of pyridine rings is 1. The first-order valence-electron chi connectivity index (χ1n) is 10.5. The number of amides is 2. The van der Waals surface area contributed by atoms with E-state index in [-0.39, 0.29) is 5.69 Å². The number of aromatic nitrogens is 3. The molecule has 2 N–H and O–H groups in total. The van der Waals surface area contributed by atoms with E-state index in [2.05, 4.69) is 39.1 Å². The van der Waals surface area contributed by atoms with E-state index in [1.807, 2.05) is 19.9 Å². The molecule has 1 aromatic carbocycles. The summed E-state index contributed by atoms with van der Waals surface area (Å²) in [6, 6.07) is 4.59. The molecule has 2 heterocycles. The Bertz CT molecular complexity index is 1110. The number of urea groups is 1. The second-order valence-electron chi connectivity index (χ2n) is 7.56. The highest BCUT2D eigenvalue weighted by Crippen LogP contribution is 2.32. The van der Waals surface area contributed by atoms with Gasteiger partial charge < -0.3 is 10.6 Å². The van der Waals surface area contributed by atoms with Crippen molar-refractivity contribution in [3.63, 3.8) is 0 Å². The van der Waals surface area contributed by atoms with E-state index in [4.69, 9.17) is 0 Å². The van der Waals surface area contributed by atoms with Crippen LogP contribution in [0.1, 0.15) is 49.7 Å². The van der Waals surface area contributed by atoms with Gasteiger partial charge in [-0.25, -0.2) is 24.1 Å². The van der Waals surface area contributed by atoms with E-state index in [1.165, 1.54) is 6.07 Å². The molecular weight excluding hydrogens is 393 g/mol. The molecule has 2 amide bonds. The van der Waals surface area contributed by atoms with Crippen LogP contribution >= 0.6 is 0 Å². The van der Waals surface area contributed by atoms with Crippen LogP contribution in [-0.4, -0.2) is 27.5 Å². The fourth-order valence-corrected chi connectivity index (χ4v) is 3.42. The van der Waals surface area contributed by atoms with Gasteiger partial charge in [0.1, 0.15) is 5.82 Å². The predicted octanol–water partition coefficient (Wildman–Crippen LogP) is 5.79. The molecule has 3 rings (SSSR count). The highest BCUT2D eigenvalue weighted by Gasteiger charge is 2.15. The highest BCUT2D eigenvalue weighted by atomic mass is 19.1. The third kappa shape index (κ3) is 5.42. The third-order valence-electron chi connectivity index (χ3n) is 5.13. The minimum absolute atomic E-state index is 0.129. The molecule has 6 nitrogen and oxygen atoms in total. The van der Waals surface area contributed by atoms with Crippen molar-refractivity contribution in [2.45, 2.75) is 46.5 Å². The Morgan fingerprint density at radius 1 is 1.13 bits per heavy atom. The molecule has 31 heavy (non-hydrogen) atoms. The van der Waals surface area contributed by atoms with E-state index in [9.17, 15) is 9.18 Å². The van der Waals surface area contributed by atoms with Gasteiger partial charge in [0.05, 0.1) is 5.69 Å². The van der Waals surface area contributed by atoms with Crippen molar-refractivity contribution in [1.29, 1.82) is 0 Å². The van der Waals surface area contributed by atoms with Gasteiger partial charge in [0.2, 0.25) is 0 Å². The van der Waals surface area contributed by atoms with Gasteiger partial charge in [-0.05, 0) is 55.7 Å². The van der Waals surface area contributed by atoms with Crippen molar-refractivity contribution in [3.8, 4) is 11.1 Å². The summed E-state index contributed by atoms with van der Waals surface area (Å²) in [7, 11) is 0. The van der Waals surface area contributed by atoms with Crippen LogP contribution in [0.5, 0.6) is 0 Å². The maximum absolute atomic E-state index is 14.5. The second kappa shape index (κ2) is 10.1. The van der Waals surface area contributed by atoms with E-state index >= 15 is 0 Å². The van der Waals surface area contributed by atoms with Crippen LogP contribution in [0.3, 0.4) is 0 Å². The number of nitrogens with one attached hydrogen (secondary N) is 2. The molecule has 162 valence electrons. The molecule has 0 radical (unpaired) electrons. The van der Waals surface area contributed by atoms with Crippen LogP contribution < -0.4 is 10.6 Å². The van der Waals surface area contributed by atoms with Gasteiger partial charge in [-0.2, -0.15) is 0 Å². The summed E-state index contributed by atoms with van der Waals surface area (Å²) in [6.45, 7) is 10.1. The Balaban J connectivity index is 1.86. The molecule has 0 aliphatic heterocycles. The molecule has 0 fully saturated rings. The summed E-state index contributed by atoms with van der Waals surface area (Å²) in [5, 5.41) is 6.19. The second-order valence-corrected chi connectivity index (χ2v) is 7.56. The lowest BCUT2D eigenvalue weighted by Crippen LogP contribution is -2.29. The lowest BCUT2D eigenvalue weighted by Gasteiger charge is -2.14. The quantitative estimate of drug-likeness (QED) is 0.451. The summed E-state index contributed by atoms with van der Waals surface area (Å²) < 4.78 is 14.5. The Hall–Kier alpha value is -3.35. The molecule has 0 unspecified atom stereocenters. The minimum Gasteiger partial charge on any atom is -0.338 e. The monoisotopic (exact) mass is 421 g/mol. The lowest BCUT2D eigenvalue weighted by molar-refractivity contribution is 0.251. The van der Waals surface area contributed by atoms with E-state index < -0.39 is 11.8 Å². The number of benzene rings is 1.